The summed E-state index contributed by atoms with van der Waals surface area (Å²) in [5.41, 5.74) is 1.90. The molecule has 1 aromatic carbocycles. The van der Waals surface area contributed by atoms with Gasteiger partial charge in [0.2, 0.25) is 5.91 Å². The molecule has 8 heteroatoms. The summed E-state index contributed by atoms with van der Waals surface area (Å²) in [7, 11) is 1.66. The second-order valence-electron chi connectivity index (χ2n) is 6.08. The van der Waals surface area contributed by atoms with Crippen LogP contribution in [0.15, 0.2) is 42.9 Å². The lowest BCUT2D eigenvalue weighted by molar-refractivity contribution is -0.121. The van der Waals surface area contributed by atoms with Crippen LogP contribution in [0.5, 0.6) is 0 Å². The summed E-state index contributed by atoms with van der Waals surface area (Å²) >= 11 is 0. The molecule has 0 aliphatic carbocycles. The number of hydrogen-bond donors (Lipinski definition) is 2. The van der Waals surface area contributed by atoms with E-state index in [0.717, 1.165) is 28.8 Å². The Labute approximate surface area is 158 Å². The summed E-state index contributed by atoms with van der Waals surface area (Å²) in [6.07, 6.45) is 4.45. The first-order valence-electron chi connectivity index (χ1n) is 8.98. The fraction of sp³-hybridized carbons (Fsp3) is 0.368. The van der Waals surface area contributed by atoms with Gasteiger partial charge in [0.15, 0.2) is 5.65 Å². The largest absolute Gasteiger partial charge is 0.383 e. The van der Waals surface area contributed by atoms with Crippen molar-refractivity contribution in [3.05, 3.63) is 48.4 Å². The van der Waals surface area contributed by atoms with Gasteiger partial charge in [-0.1, -0.05) is 30.3 Å². The van der Waals surface area contributed by atoms with Crippen molar-refractivity contribution in [3.8, 4) is 0 Å². The maximum Gasteiger partial charge on any atom is 0.220 e. The third-order valence-electron chi connectivity index (χ3n) is 4.16. The predicted molar refractivity (Wildman–Crippen MR) is 103 cm³/mol. The standard InChI is InChI=1S/C19H24N6O2/c1-27-12-10-21-18-16-13-24-25(19(16)23-14-22-18)11-9-20-17(26)8-7-15-5-3-2-4-6-15/h2-6,13-14H,7-12H2,1H3,(H,20,26)(H,21,22,23). The van der Waals surface area contributed by atoms with Gasteiger partial charge in [-0.05, 0) is 12.0 Å². The van der Waals surface area contributed by atoms with Crippen molar-refractivity contribution in [3.63, 3.8) is 0 Å². The van der Waals surface area contributed by atoms with Crippen molar-refractivity contribution < 1.29 is 9.53 Å². The number of hydrogen-bond acceptors (Lipinski definition) is 6. The summed E-state index contributed by atoms with van der Waals surface area (Å²) in [4.78, 5) is 20.6. The molecule has 0 aliphatic heterocycles. The molecule has 1 amide bonds. The molecule has 0 spiro atoms. The van der Waals surface area contributed by atoms with E-state index >= 15 is 0 Å². The minimum atomic E-state index is 0.0341. The minimum absolute atomic E-state index is 0.0341. The number of ether oxygens (including phenoxy) is 1. The van der Waals surface area contributed by atoms with Crippen LogP contribution in [0.1, 0.15) is 12.0 Å². The molecule has 8 nitrogen and oxygen atoms in total. The highest BCUT2D eigenvalue weighted by Gasteiger charge is 2.10. The zero-order valence-corrected chi connectivity index (χ0v) is 15.4. The Morgan fingerprint density at radius 1 is 1.19 bits per heavy atom. The molecular weight excluding hydrogens is 344 g/mol. The van der Waals surface area contributed by atoms with E-state index < -0.39 is 0 Å². The molecule has 27 heavy (non-hydrogen) atoms. The molecule has 0 aliphatic rings. The van der Waals surface area contributed by atoms with Crippen LogP contribution in [0.2, 0.25) is 0 Å². The number of aryl methyl sites for hydroxylation is 1. The first-order chi connectivity index (χ1) is 13.3. The molecule has 0 unspecified atom stereocenters. The van der Waals surface area contributed by atoms with Crippen molar-refractivity contribution in [2.45, 2.75) is 19.4 Å². The third kappa shape index (κ3) is 5.24. The number of nitrogens with zero attached hydrogens (tertiary/aromatic N) is 4. The zero-order valence-electron chi connectivity index (χ0n) is 15.4. The molecule has 0 bridgehead atoms. The van der Waals surface area contributed by atoms with Gasteiger partial charge in [-0.3, -0.25) is 4.79 Å². The maximum absolute atomic E-state index is 12.0. The Morgan fingerprint density at radius 3 is 2.85 bits per heavy atom. The summed E-state index contributed by atoms with van der Waals surface area (Å²) in [6, 6.07) is 9.99. The molecule has 142 valence electrons. The number of amides is 1. The van der Waals surface area contributed by atoms with Gasteiger partial charge in [0, 0.05) is 26.6 Å². The van der Waals surface area contributed by atoms with Gasteiger partial charge in [0.1, 0.15) is 12.1 Å². The summed E-state index contributed by atoms with van der Waals surface area (Å²) in [5, 5.41) is 11.4. The number of carbonyl (C=O) groups excluding carboxylic acids is 1. The molecule has 0 radical (unpaired) electrons. The molecule has 0 atom stereocenters. The van der Waals surface area contributed by atoms with E-state index in [9.17, 15) is 4.79 Å². The van der Waals surface area contributed by atoms with Crippen LogP contribution < -0.4 is 10.6 Å². The normalized spacial score (nSPS) is 10.9. The fourth-order valence-electron chi connectivity index (χ4n) is 2.76. The summed E-state index contributed by atoms with van der Waals surface area (Å²) in [6.45, 7) is 2.30. The van der Waals surface area contributed by atoms with E-state index in [-0.39, 0.29) is 5.91 Å². The monoisotopic (exact) mass is 368 g/mol. The van der Waals surface area contributed by atoms with Crippen LogP contribution in [0.3, 0.4) is 0 Å². The van der Waals surface area contributed by atoms with Gasteiger partial charge < -0.3 is 15.4 Å². The van der Waals surface area contributed by atoms with E-state index in [1.54, 1.807) is 18.0 Å². The van der Waals surface area contributed by atoms with Gasteiger partial charge in [0.05, 0.1) is 24.7 Å². The van der Waals surface area contributed by atoms with E-state index in [2.05, 4.69) is 25.7 Å². The summed E-state index contributed by atoms with van der Waals surface area (Å²) < 4.78 is 6.81. The molecule has 0 fully saturated rings. The van der Waals surface area contributed by atoms with Crippen LogP contribution in [-0.2, 0) is 22.5 Å². The highest BCUT2D eigenvalue weighted by molar-refractivity contribution is 5.86. The first kappa shape index (κ1) is 18.8. The van der Waals surface area contributed by atoms with Gasteiger partial charge in [-0.15, -0.1) is 0 Å². The number of fused-ring (bicyclic) bond motifs is 1. The van der Waals surface area contributed by atoms with E-state index in [4.69, 9.17) is 4.74 Å². The van der Waals surface area contributed by atoms with Crippen molar-refractivity contribution >= 4 is 22.8 Å². The quantitative estimate of drug-likeness (QED) is 0.528. The smallest absolute Gasteiger partial charge is 0.220 e. The van der Waals surface area contributed by atoms with Crippen molar-refractivity contribution in [1.29, 1.82) is 0 Å². The van der Waals surface area contributed by atoms with Crippen molar-refractivity contribution in [2.75, 3.05) is 32.1 Å². The number of benzene rings is 1. The Bertz CT molecular complexity index is 865. The second kappa shape index (κ2) is 9.63. The molecule has 3 aromatic rings. The number of methoxy groups -OCH3 is 1. The number of aromatic nitrogens is 4. The summed E-state index contributed by atoms with van der Waals surface area (Å²) in [5.74, 6) is 0.766. The molecular formula is C19H24N6O2. The van der Waals surface area contributed by atoms with E-state index in [1.807, 2.05) is 30.3 Å². The Hall–Kier alpha value is -3.00. The SMILES string of the molecule is COCCNc1ncnc2c1cnn2CCNC(=O)CCc1ccccc1. The van der Waals surface area contributed by atoms with Crippen LogP contribution in [-0.4, -0.2) is 52.5 Å². The van der Waals surface area contributed by atoms with Crippen LogP contribution in [0.25, 0.3) is 11.0 Å². The number of rotatable bonds is 10. The fourth-order valence-corrected chi connectivity index (χ4v) is 2.76. The number of anilines is 1. The molecule has 2 N–H and O–H groups in total. The van der Waals surface area contributed by atoms with E-state index in [0.29, 0.717) is 32.7 Å². The maximum atomic E-state index is 12.0. The molecule has 2 aromatic heterocycles. The number of nitrogens with one attached hydrogen (secondary N) is 2. The Morgan fingerprint density at radius 2 is 2.04 bits per heavy atom. The van der Waals surface area contributed by atoms with Crippen molar-refractivity contribution in [2.24, 2.45) is 0 Å². The van der Waals surface area contributed by atoms with Crippen LogP contribution in [0, 0.1) is 0 Å². The lowest BCUT2D eigenvalue weighted by Crippen LogP contribution is -2.27. The van der Waals surface area contributed by atoms with Crippen LogP contribution >= 0.6 is 0 Å². The predicted octanol–water partition coefficient (Wildman–Crippen LogP) is 1.63. The highest BCUT2D eigenvalue weighted by Crippen LogP contribution is 2.18. The Balaban J connectivity index is 1.50. The third-order valence-corrected chi connectivity index (χ3v) is 4.16. The Kier molecular flexibility index (Phi) is 6.70. The van der Waals surface area contributed by atoms with Gasteiger partial charge in [0.25, 0.3) is 0 Å². The molecule has 0 saturated carbocycles. The average Bonchev–Trinajstić information content (AvgIpc) is 3.11. The van der Waals surface area contributed by atoms with Gasteiger partial charge >= 0.3 is 0 Å². The van der Waals surface area contributed by atoms with Crippen LogP contribution in [0.4, 0.5) is 5.82 Å². The van der Waals surface area contributed by atoms with Gasteiger partial charge in [-0.2, -0.15) is 5.10 Å². The molecule has 0 saturated heterocycles. The van der Waals surface area contributed by atoms with Crippen molar-refractivity contribution in [1.82, 2.24) is 25.1 Å². The first-order valence-corrected chi connectivity index (χ1v) is 8.98. The molecule has 3 rings (SSSR count). The zero-order chi connectivity index (χ0) is 18.9. The lowest BCUT2D eigenvalue weighted by Gasteiger charge is -2.07. The minimum Gasteiger partial charge on any atom is -0.383 e. The lowest BCUT2D eigenvalue weighted by atomic mass is 10.1. The van der Waals surface area contributed by atoms with Gasteiger partial charge in [-0.25, -0.2) is 14.6 Å². The van der Waals surface area contributed by atoms with E-state index in [1.165, 1.54) is 6.33 Å². The molecule has 2 heterocycles. The average molecular weight is 368 g/mol. The highest BCUT2D eigenvalue weighted by atomic mass is 16.5. The second-order valence-corrected chi connectivity index (χ2v) is 6.08. The number of carbonyl (C=O) groups is 1. The topological polar surface area (TPSA) is 94.0 Å².